The number of fused-ring (bicyclic) bond motifs is 1. The Hall–Kier alpha value is -3.78. The lowest BCUT2D eigenvalue weighted by Crippen LogP contribution is -2.28. The van der Waals surface area contributed by atoms with E-state index in [0.29, 0.717) is 18.2 Å². The third-order valence-electron chi connectivity index (χ3n) is 5.95. The third kappa shape index (κ3) is 5.17. The smallest absolute Gasteiger partial charge is 0.233 e. The predicted molar refractivity (Wildman–Crippen MR) is 136 cm³/mol. The highest BCUT2D eigenvalue weighted by Gasteiger charge is 2.19. The minimum Gasteiger partial charge on any atom is -0.454 e. The molecule has 178 valence electrons. The maximum atomic E-state index is 12.9. The molecule has 1 aromatic heterocycles. The molecule has 0 fully saturated rings. The number of hydrogen-bond acceptors (Lipinski definition) is 6. The Kier molecular flexibility index (Phi) is 6.72. The second-order valence-electron chi connectivity index (χ2n) is 8.41. The summed E-state index contributed by atoms with van der Waals surface area (Å²) in [4.78, 5) is 14.7. The van der Waals surface area contributed by atoms with Crippen LogP contribution in [0.2, 0.25) is 0 Å². The molecule has 0 radical (unpaired) electrons. The van der Waals surface area contributed by atoms with Crippen LogP contribution >= 0.6 is 11.8 Å². The van der Waals surface area contributed by atoms with Crippen molar-refractivity contribution in [1.82, 2.24) is 19.7 Å². The van der Waals surface area contributed by atoms with Crippen molar-refractivity contribution in [3.05, 3.63) is 89.5 Å². The average Bonchev–Trinajstić information content (AvgIpc) is 3.51. The summed E-state index contributed by atoms with van der Waals surface area (Å²) < 4.78 is 13.0. The molecule has 0 bridgehead atoms. The number of thioether (sulfide) groups is 1. The van der Waals surface area contributed by atoms with Gasteiger partial charge in [0.25, 0.3) is 0 Å². The average molecular weight is 487 g/mol. The van der Waals surface area contributed by atoms with Gasteiger partial charge in [-0.3, -0.25) is 9.36 Å². The van der Waals surface area contributed by atoms with Crippen LogP contribution in [0.15, 0.2) is 78.0 Å². The second kappa shape index (κ2) is 10.2. The van der Waals surface area contributed by atoms with Crippen LogP contribution in [-0.2, 0) is 17.9 Å². The van der Waals surface area contributed by atoms with Crippen LogP contribution in [0.5, 0.6) is 11.5 Å². The summed E-state index contributed by atoms with van der Waals surface area (Å²) in [7, 11) is 1.84. The van der Waals surface area contributed by atoms with Crippen molar-refractivity contribution < 1.29 is 14.3 Å². The Morgan fingerprint density at radius 1 is 1.00 bits per heavy atom. The molecule has 8 heteroatoms. The van der Waals surface area contributed by atoms with Crippen molar-refractivity contribution >= 4 is 17.7 Å². The predicted octanol–water partition coefficient (Wildman–Crippen LogP) is 4.78. The van der Waals surface area contributed by atoms with Gasteiger partial charge in [0, 0.05) is 19.2 Å². The molecule has 35 heavy (non-hydrogen) atoms. The van der Waals surface area contributed by atoms with Gasteiger partial charge in [-0.25, -0.2) is 0 Å². The SMILES string of the molecule is Cc1ccccc1CN(C)C(=O)CSc1nnc(-c2ccccc2)n1Cc1ccc2c(c1)OCO2. The maximum Gasteiger partial charge on any atom is 0.233 e. The fourth-order valence-corrected chi connectivity index (χ4v) is 4.81. The van der Waals surface area contributed by atoms with E-state index in [9.17, 15) is 4.79 Å². The molecule has 7 nitrogen and oxygen atoms in total. The third-order valence-corrected chi connectivity index (χ3v) is 6.90. The van der Waals surface area contributed by atoms with Gasteiger partial charge in [0.2, 0.25) is 12.7 Å². The van der Waals surface area contributed by atoms with Crippen molar-refractivity contribution in [2.75, 3.05) is 19.6 Å². The Labute approximate surface area is 208 Å². The lowest BCUT2D eigenvalue weighted by atomic mass is 10.1. The first-order valence-corrected chi connectivity index (χ1v) is 12.4. The van der Waals surface area contributed by atoms with Crippen molar-refractivity contribution in [2.24, 2.45) is 0 Å². The number of ether oxygens (including phenoxy) is 2. The minimum atomic E-state index is 0.0390. The molecule has 5 rings (SSSR count). The minimum absolute atomic E-state index is 0.0390. The maximum absolute atomic E-state index is 12.9. The highest BCUT2D eigenvalue weighted by molar-refractivity contribution is 7.99. The lowest BCUT2D eigenvalue weighted by Gasteiger charge is -2.18. The molecule has 0 unspecified atom stereocenters. The fourth-order valence-electron chi connectivity index (χ4n) is 3.93. The molecular weight excluding hydrogens is 460 g/mol. The van der Waals surface area contributed by atoms with E-state index in [4.69, 9.17) is 9.47 Å². The van der Waals surface area contributed by atoms with E-state index in [-0.39, 0.29) is 18.5 Å². The number of nitrogens with zero attached hydrogens (tertiary/aromatic N) is 4. The summed E-state index contributed by atoms with van der Waals surface area (Å²) in [5.74, 6) is 2.55. The van der Waals surface area contributed by atoms with Crippen LogP contribution in [0, 0.1) is 6.92 Å². The van der Waals surface area contributed by atoms with Gasteiger partial charge in [0.15, 0.2) is 22.5 Å². The lowest BCUT2D eigenvalue weighted by molar-refractivity contribution is -0.127. The first-order valence-electron chi connectivity index (χ1n) is 11.4. The Bertz CT molecular complexity index is 1340. The van der Waals surface area contributed by atoms with E-state index >= 15 is 0 Å². The summed E-state index contributed by atoms with van der Waals surface area (Å²) in [6, 6.07) is 24.0. The van der Waals surface area contributed by atoms with E-state index in [1.54, 1.807) is 4.90 Å². The van der Waals surface area contributed by atoms with Crippen molar-refractivity contribution in [1.29, 1.82) is 0 Å². The van der Waals surface area contributed by atoms with Gasteiger partial charge in [-0.2, -0.15) is 0 Å². The fraction of sp³-hybridized carbons (Fsp3) is 0.222. The Morgan fingerprint density at radius 2 is 1.77 bits per heavy atom. The van der Waals surface area contributed by atoms with Crippen molar-refractivity contribution in [2.45, 2.75) is 25.2 Å². The Balaban J connectivity index is 1.35. The number of carbonyl (C=O) groups is 1. The van der Waals surface area contributed by atoms with Gasteiger partial charge in [-0.1, -0.05) is 72.4 Å². The monoisotopic (exact) mass is 486 g/mol. The van der Waals surface area contributed by atoms with Gasteiger partial charge in [-0.15, -0.1) is 10.2 Å². The second-order valence-corrected chi connectivity index (χ2v) is 9.35. The number of aryl methyl sites for hydroxylation is 1. The van der Waals surface area contributed by atoms with Gasteiger partial charge in [0.05, 0.1) is 12.3 Å². The van der Waals surface area contributed by atoms with Crippen LogP contribution in [0.3, 0.4) is 0 Å². The normalized spacial score (nSPS) is 12.1. The molecule has 0 saturated carbocycles. The largest absolute Gasteiger partial charge is 0.454 e. The zero-order chi connectivity index (χ0) is 24.2. The van der Waals surface area contributed by atoms with Crippen LogP contribution in [-0.4, -0.2) is 45.2 Å². The van der Waals surface area contributed by atoms with Crippen molar-refractivity contribution in [3.63, 3.8) is 0 Å². The number of carbonyl (C=O) groups excluding carboxylic acids is 1. The summed E-state index contributed by atoms with van der Waals surface area (Å²) in [6.07, 6.45) is 0. The van der Waals surface area contributed by atoms with Crippen LogP contribution in [0.25, 0.3) is 11.4 Å². The summed E-state index contributed by atoms with van der Waals surface area (Å²) in [5.41, 5.74) is 4.33. The Morgan fingerprint density at radius 3 is 2.60 bits per heavy atom. The molecule has 1 aliphatic rings. The summed E-state index contributed by atoms with van der Waals surface area (Å²) in [5, 5.41) is 9.60. The summed E-state index contributed by atoms with van der Waals surface area (Å²) >= 11 is 1.40. The van der Waals surface area contributed by atoms with E-state index in [1.165, 1.54) is 17.3 Å². The highest BCUT2D eigenvalue weighted by atomic mass is 32.2. The molecule has 4 aromatic rings. The molecule has 1 amide bonds. The molecule has 3 aromatic carbocycles. The quantitative estimate of drug-likeness (QED) is 0.334. The number of benzene rings is 3. The van der Waals surface area contributed by atoms with Gasteiger partial charge in [0.1, 0.15) is 0 Å². The zero-order valence-electron chi connectivity index (χ0n) is 19.7. The van der Waals surface area contributed by atoms with Crippen LogP contribution in [0.1, 0.15) is 16.7 Å². The highest BCUT2D eigenvalue weighted by Crippen LogP contribution is 2.33. The molecule has 0 aliphatic carbocycles. The van der Waals surface area contributed by atoms with Gasteiger partial charge in [-0.05, 0) is 35.7 Å². The topological polar surface area (TPSA) is 69.5 Å². The van der Waals surface area contributed by atoms with Gasteiger partial charge >= 0.3 is 0 Å². The molecule has 0 spiro atoms. The zero-order valence-corrected chi connectivity index (χ0v) is 20.5. The van der Waals surface area contributed by atoms with Crippen LogP contribution < -0.4 is 9.47 Å². The van der Waals surface area contributed by atoms with E-state index in [2.05, 4.69) is 29.3 Å². The van der Waals surface area contributed by atoms with Crippen LogP contribution in [0.4, 0.5) is 0 Å². The number of aromatic nitrogens is 3. The number of rotatable bonds is 8. The van der Waals surface area contributed by atoms with E-state index in [1.807, 2.05) is 72.3 Å². The van der Waals surface area contributed by atoms with E-state index in [0.717, 1.165) is 34.0 Å². The standard InChI is InChI=1S/C27H26N4O3S/c1-19-8-6-7-11-22(19)16-30(2)25(32)17-35-27-29-28-26(21-9-4-3-5-10-21)31(27)15-20-12-13-23-24(14-20)34-18-33-23/h3-14H,15-18H2,1-2H3. The molecule has 1 aliphatic heterocycles. The molecule has 0 saturated heterocycles. The number of amides is 1. The number of hydrogen-bond donors (Lipinski definition) is 0. The molecule has 0 atom stereocenters. The van der Waals surface area contributed by atoms with Crippen molar-refractivity contribution in [3.8, 4) is 22.9 Å². The first-order chi connectivity index (χ1) is 17.1. The molecule has 2 heterocycles. The van der Waals surface area contributed by atoms with Gasteiger partial charge < -0.3 is 14.4 Å². The molecule has 0 N–H and O–H groups in total. The molecular formula is C27H26N4O3S. The summed E-state index contributed by atoms with van der Waals surface area (Å²) in [6.45, 7) is 3.42. The first kappa shape index (κ1) is 23.0. The van der Waals surface area contributed by atoms with E-state index < -0.39 is 0 Å².